The Morgan fingerprint density at radius 1 is 1.71 bits per heavy atom. The van der Waals surface area contributed by atoms with Crippen molar-refractivity contribution in [2.24, 2.45) is 0 Å². The van der Waals surface area contributed by atoms with Crippen molar-refractivity contribution < 1.29 is 14.6 Å². The van der Waals surface area contributed by atoms with Gasteiger partial charge in [-0.1, -0.05) is 23.1 Å². The number of ether oxygens (including phenoxy) is 1. The first kappa shape index (κ1) is 11.4. The molecule has 0 amide bonds. The molecular weight excluding hydrogens is 224 g/mol. The number of aromatic nitrogens is 2. The molecule has 1 N–H and O–H groups in total. The van der Waals surface area contributed by atoms with Crippen molar-refractivity contribution in [1.82, 2.24) is 10.2 Å². The molecule has 7 heteroatoms. The van der Waals surface area contributed by atoms with E-state index < -0.39 is 11.2 Å². The highest BCUT2D eigenvalue weighted by molar-refractivity contribution is 8.02. The van der Waals surface area contributed by atoms with E-state index in [0.29, 0.717) is 4.34 Å². The number of aryl methyl sites for hydroxylation is 1. The van der Waals surface area contributed by atoms with Crippen molar-refractivity contribution in [2.75, 3.05) is 13.7 Å². The maximum atomic E-state index is 10.8. The van der Waals surface area contributed by atoms with E-state index in [9.17, 15) is 4.79 Å². The lowest BCUT2D eigenvalue weighted by Gasteiger charge is -2.07. The molecule has 0 aliphatic carbocycles. The van der Waals surface area contributed by atoms with Crippen molar-refractivity contribution in [1.29, 1.82) is 0 Å². The lowest BCUT2D eigenvalue weighted by Crippen LogP contribution is -2.21. The van der Waals surface area contributed by atoms with Crippen molar-refractivity contribution in [3.8, 4) is 0 Å². The van der Waals surface area contributed by atoms with Gasteiger partial charge in [0.25, 0.3) is 0 Å². The third-order valence-corrected chi connectivity index (χ3v) is 3.42. The van der Waals surface area contributed by atoms with E-state index >= 15 is 0 Å². The lowest BCUT2D eigenvalue weighted by molar-refractivity contribution is -0.137. The van der Waals surface area contributed by atoms with Crippen LogP contribution in [0.25, 0.3) is 0 Å². The molecule has 5 nitrogen and oxygen atoms in total. The molecule has 0 aliphatic heterocycles. The number of rotatable bonds is 5. The fourth-order valence-electron chi connectivity index (χ4n) is 0.755. The van der Waals surface area contributed by atoms with Gasteiger partial charge >= 0.3 is 5.97 Å². The molecular formula is C7H10N2O3S2. The normalized spacial score (nSPS) is 12.7. The molecule has 1 unspecified atom stereocenters. The van der Waals surface area contributed by atoms with Crippen LogP contribution in [-0.4, -0.2) is 40.2 Å². The number of hydrogen-bond donors (Lipinski definition) is 1. The van der Waals surface area contributed by atoms with Crippen LogP contribution in [0.15, 0.2) is 4.34 Å². The molecule has 0 fully saturated rings. The topological polar surface area (TPSA) is 72.3 Å². The zero-order chi connectivity index (χ0) is 10.6. The number of carboxylic acid groups (broad SMARTS) is 1. The largest absolute Gasteiger partial charge is 0.480 e. The SMILES string of the molecule is COCC(Sc1nnc(C)s1)C(=O)O. The average molecular weight is 234 g/mol. The maximum absolute atomic E-state index is 10.8. The standard InChI is InChI=1S/C7H10N2O3S2/c1-4-8-9-7(13-4)14-5(3-12-2)6(10)11/h5H,3H2,1-2H3,(H,10,11). The molecule has 78 valence electrons. The minimum Gasteiger partial charge on any atom is -0.480 e. The first-order valence-corrected chi connectivity index (χ1v) is 5.51. The zero-order valence-corrected chi connectivity index (χ0v) is 9.39. The second-order valence-corrected chi connectivity index (χ2v) is 5.12. The first-order chi connectivity index (χ1) is 6.63. The van der Waals surface area contributed by atoms with Crippen LogP contribution in [0, 0.1) is 6.92 Å². The monoisotopic (exact) mass is 234 g/mol. The molecule has 0 saturated heterocycles. The van der Waals surface area contributed by atoms with E-state index in [1.807, 2.05) is 6.92 Å². The van der Waals surface area contributed by atoms with E-state index in [2.05, 4.69) is 10.2 Å². The van der Waals surface area contributed by atoms with Crippen LogP contribution in [0.3, 0.4) is 0 Å². The minimum atomic E-state index is -0.898. The second-order valence-electron chi connectivity index (χ2n) is 2.49. The highest BCUT2D eigenvalue weighted by Gasteiger charge is 2.20. The third-order valence-electron chi connectivity index (χ3n) is 1.34. The van der Waals surface area contributed by atoms with Gasteiger partial charge in [-0.3, -0.25) is 4.79 Å². The second kappa shape index (κ2) is 5.28. The quantitative estimate of drug-likeness (QED) is 0.767. The predicted molar refractivity (Wildman–Crippen MR) is 53.8 cm³/mol. The van der Waals surface area contributed by atoms with E-state index in [-0.39, 0.29) is 6.61 Å². The van der Waals surface area contributed by atoms with Crippen LogP contribution in [0.4, 0.5) is 0 Å². The Labute approximate surface area is 89.5 Å². The van der Waals surface area contributed by atoms with Gasteiger partial charge < -0.3 is 9.84 Å². The molecule has 0 spiro atoms. The van der Waals surface area contributed by atoms with Crippen molar-refractivity contribution in [3.05, 3.63) is 5.01 Å². The molecule has 0 aliphatic rings. The van der Waals surface area contributed by atoms with Gasteiger partial charge in [0, 0.05) is 7.11 Å². The summed E-state index contributed by atoms with van der Waals surface area (Å²) in [6.45, 7) is 1.99. The average Bonchev–Trinajstić information content (AvgIpc) is 2.50. The number of carboxylic acids is 1. The van der Waals surface area contributed by atoms with Gasteiger partial charge in [-0.25, -0.2) is 0 Å². The van der Waals surface area contributed by atoms with Crippen LogP contribution in [-0.2, 0) is 9.53 Å². The van der Waals surface area contributed by atoms with Gasteiger partial charge in [-0.15, -0.1) is 10.2 Å². The lowest BCUT2D eigenvalue weighted by atomic mass is 10.5. The molecule has 1 aromatic rings. The van der Waals surface area contributed by atoms with E-state index in [1.54, 1.807) is 0 Å². The summed E-state index contributed by atoms with van der Waals surface area (Å²) >= 11 is 2.54. The molecule has 1 rings (SSSR count). The third kappa shape index (κ3) is 3.24. The summed E-state index contributed by atoms with van der Waals surface area (Å²) in [7, 11) is 1.47. The number of nitrogens with zero attached hydrogens (tertiary/aromatic N) is 2. The summed E-state index contributed by atoms with van der Waals surface area (Å²) in [6, 6.07) is 0. The van der Waals surface area contributed by atoms with Crippen LogP contribution < -0.4 is 0 Å². The van der Waals surface area contributed by atoms with Crippen molar-refractivity contribution in [3.63, 3.8) is 0 Å². The van der Waals surface area contributed by atoms with Crippen LogP contribution in [0.5, 0.6) is 0 Å². The van der Waals surface area contributed by atoms with E-state index in [1.165, 1.54) is 18.4 Å². The molecule has 1 heterocycles. The molecule has 1 atom stereocenters. The smallest absolute Gasteiger partial charge is 0.319 e. The number of carbonyl (C=O) groups is 1. The van der Waals surface area contributed by atoms with Gasteiger partial charge in [-0.2, -0.15) is 0 Å². The fraction of sp³-hybridized carbons (Fsp3) is 0.571. The predicted octanol–water partition coefficient (Wildman–Crippen LogP) is 1.04. The molecule has 1 aromatic heterocycles. The molecule has 14 heavy (non-hydrogen) atoms. The highest BCUT2D eigenvalue weighted by Crippen LogP contribution is 2.26. The van der Waals surface area contributed by atoms with Gasteiger partial charge in [0.1, 0.15) is 10.3 Å². The number of hydrogen-bond acceptors (Lipinski definition) is 6. The Balaban J connectivity index is 2.59. The van der Waals surface area contributed by atoms with E-state index in [0.717, 1.165) is 16.8 Å². The summed E-state index contributed by atoms with van der Waals surface area (Å²) in [5, 5.41) is 16.7. The maximum Gasteiger partial charge on any atom is 0.319 e. The zero-order valence-electron chi connectivity index (χ0n) is 7.76. The Bertz CT molecular complexity index is 316. The Hall–Kier alpha value is -0.660. The molecule has 0 saturated carbocycles. The summed E-state index contributed by atoms with van der Waals surface area (Å²) in [4.78, 5) is 10.8. The molecule has 0 radical (unpaired) electrons. The fourth-order valence-corrected chi connectivity index (χ4v) is 2.71. The molecule has 0 aromatic carbocycles. The summed E-state index contributed by atoms with van der Waals surface area (Å²) in [5.74, 6) is -0.898. The van der Waals surface area contributed by atoms with Crippen LogP contribution in [0.2, 0.25) is 0 Å². The van der Waals surface area contributed by atoms with E-state index in [4.69, 9.17) is 9.84 Å². The van der Waals surface area contributed by atoms with Crippen molar-refractivity contribution in [2.45, 2.75) is 16.5 Å². The molecule has 0 bridgehead atoms. The van der Waals surface area contributed by atoms with Gasteiger partial charge in [0.15, 0.2) is 4.34 Å². The number of aliphatic carboxylic acids is 1. The summed E-state index contributed by atoms with van der Waals surface area (Å²) in [5.41, 5.74) is 0. The Kier molecular flexibility index (Phi) is 4.30. The minimum absolute atomic E-state index is 0.165. The van der Waals surface area contributed by atoms with Gasteiger partial charge in [0.05, 0.1) is 6.61 Å². The summed E-state index contributed by atoms with van der Waals surface area (Å²) in [6.07, 6.45) is 0. The Morgan fingerprint density at radius 3 is 2.86 bits per heavy atom. The Morgan fingerprint density at radius 2 is 2.43 bits per heavy atom. The first-order valence-electron chi connectivity index (χ1n) is 3.82. The number of methoxy groups -OCH3 is 1. The van der Waals surface area contributed by atoms with Crippen molar-refractivity contribution >= 4 is 29.1 Å². The summed E-state index contributed by atoms with van der Waals surface area (Å²) < 4.78 is 5.46. The van der Waals surface area contributed by atoms with Crippen LogP contribution in [0.1, 0.15) is 5.01 Å². The highest BCUT2D eigenvalue weighted by atomic mass is 32.2. The van der Waals surface area contributed by atoms with Gasteiger partial charge in [0.2, 0.25) is 0 Å². The van der Waals surface area contributed by atoms with Crippen LogP contribution >= 0.6 is 23.1 Å². The number of thioether (sulfide) groups is 1. The van der Waals surface area contributed by atoms with Gasteiger partial charge in [-0.05, 0) is 6.92 Å².